The zero-order valence-electron chi connectivity index (χ0n) is 17.1. The minimum absolute atomic E-state index is 0.0122. The Kier molecular flexibility index (Phi) is 6.29. The predicted octanol–water partition coefficient (Wildman–Crippen LogP) is 4.69. The second kappa shape index (κ2) is 9.26. The third-order valence-corrected chi connectivity index (χ3v) is 6.45. The third kappa shape index (κ3) is 4.62. The largest absolute Gasteiger partial charge is 0.341 e. The molecule has 1 fully saturated rings. The molecule has 0 aliphatic carbocycles. The number of carbonyl (C=O) groups excluding carboxylic acids is 2. The lowest BCUT2D eigenvalue weighted by Crippen LogP contribution is -2.48. The van der Waals surface area contributed by atoms with Gasteiger partial charge in [0, 0.05) is 25.1 Å². The van der Waals surface area contributed by atoms with Crippen LogP contribution >= 0.6 is 11.3 Å². The van der Waals surface area contributed by atoms with Gasteiger partial charge in [-0.15, -0.1) is 11.3 Å². The van der Waals surface area contributed by atoms with Crippen LogP contribution in [0.2, 0.25) is 0 Å². The van der Waals surface area contributed by atoms with Gasteiger partial charge in [0.15, 0.2) is 0 Å². The van der Waals surface area contributed by atoms with E-state index in [4.69, 9.17) is 0 Å². The molecule has 1 aliphatic heterocycles. The van der Waals surface area contributed by atoms with Crippen molar-refractivity contribution in [2.75, 3.05) is 13.1 Å². The summed E-state index contributed by atoms with van der Waals surface area (Å²) in [5.74, 6) is -0.174. The van der Waals surface area contributed by atoms with E-state index < -0.39 is 6.04 Å². The van der Waals surface area contributed by atoms with Gasteiger partial charge in [0.1, 0.15) is 6.04 Å². The van der Waals surface area contributed by atoms with Crippen molar-refractivity contribution in [3.05, 3.63) is 82.0 Å². The first-order valence-corrected chi connectivity index (χ1v) is 11.3. The van der Waals surface area contributed by atoms with Crippen LogP contribution in [-0.2, 0) is 11.2 Å². The van der Waals surface area contributed by atoms with Crippen LogP contribution in [0.25, 0.3) is 11.1 Å². The van der Waals surface area contributed by atoms with Gasteiger partial charge in [-0.05, 0) is 42.3 Å². The Morgan fingerprint density at radius 2 is 1.70 bits per heavy atom. The molecule has 0 radical (unpaired) electrons. The van der Waals surface area contributed by atoms with E-state index in [9.17, 15) is 9.59 Å². The molecular weight excluding hydrogens is 392 g/mol. The number of thiophene rings is 1. The number of carbonyl (C=O) groups is 2. The lowest BCUT2D eigenvalue weighted by atomic mass is 10.0. The molecule has 30 heavy (non-hydrogen) atoms. The zero-order chi connectivity index (χ0) is 20.9. The van der Waals surface area contributed by atoms with Crippen molar-refractivity contribution in [3.63, 3.8) is 0 Å². The fraction of sp³-hybridized carbons (Fsp3) is 0.280. The first-order chi connectivity index (χ1) is 14.6. The van der Waals surface area contributed by atoms with E-state index in [0.717, 1.165) is 42.6 Å². The van der Waals surface area contributed by atoms with E-state index in [0.29, 0.717) is 11.3 Å². The van der Waals surface area contributed by atoms with Gasteiger partial charge in [-0.3, -0.25) is 9.59 Å². The Hall–Kier alpha value is -2.92. The van der Waals surface area contributed by atoms with E-state index in [1.807, 2.05) is 77.9 Å². The average Bonchev–Trinajstić information content (AvgIpc) is 3.46. The van der Waals surface area contributed by atoms with Crippen LogP contribution in [0.15, 0.2) is 66.0 Å². The molecule has 2 aromatic carbocycles. The molecule has 4 nitrogen and oxygen atoms in total. The molecule has 1 atom stereocenters. The maximum absolute atomic E-state index is 13.2. The summed E-state index contributed by atoms with van der Waals surface area (Å²) in [5.41, 5.74) is 4.14. The minimum Gasteiger partial charge on any atom is -0.341 e. The number of benzene rings is 2. The van der Waals surface area contributed by atoms with E-state index in [1.165, 1.54) is 16.9 Å². The van der Waals surface area contributed by atoms with Gasteiger partial charge in [0.05, 0.1) is 4.88 Å². The smallest absolute Gasteiger partial charge is 0.262 e. The monoisotopic (exact) mass is 418 g/mol. The molecule has 1 aliphatic rings. The number of aryl methyl sites for hydroxylation is 1. The molecule has 5 heteroatoms. The highest BCUT2D eigenvalue weighted by atomic mass is 32.1. The molecule has 1 unspecified atom stereocenters. The van der Waals surface area contributed by atoms with Gasteiger partial charge in [0.2, 0.25) is 5.91 Å². The highest BCUT2D eigenvalue weighted by Gasteiger charge is 2.29. The Bertz CT molecular complexity index is 1010. The Morgan fingerprint density at radius 1 is 1.00 bits per heavy atom. The number of hydrogen-bond donors (Lipinski definition) is 1. The standard InChI is InChI=1S/C25H26N2O2S/c1-18-9-11-20(12-10-18)21-13-16-30-23(21)24(28)26-22(17-19-7-3-2-4-8-19)25(29)27-14-5-6-15-27/h2-4,7-13,16,22H,5-6,14-15,17H2,1H3,(H,26,28). The van der Waals surface area contributed by atoms with E-state index in [1.54, 1.807) is 0 Å². The maximum Gasteiger partial charge on any atom is 0.262 e. The molecule has 2 heterocycles. The second-order valence-electron chi connectivity index (χ2n) is 7.78. The Labute approximate surface area is 181 Å². The van der Waals surface area contributed by atoms with Crippen LogP contribution < -0.4 is 5.32 Å². The van der Waals surface area contributed by atoms with Crippen molar-refractivity contribution in [2.24, 2.45) is 0 Å². The number of likely N-dealkylation sites (tertiary alicyclic amines) is 1. The summed E-state index contributed by atoms with van der Waals surface area (Å²) in [5, 5.41) is 4.98. The van der Waals surface area contributed by atoms with Crippen molar-refractivity contribution < 1.29 is 9.59 Å². The predicted molar refractivity (Wildman–Crippen MR) is 122 cm³/mol. The second-order valence-corrected chi connectivity index (χ2v) is 8.69. The Morgan fingerprint density at radius 3 is 2.40 bits per heavy atom. The number of hydrogen-bond acceptors (Lipinski definition) is 3. The topological polar surface area (TPSA) is 49.4 Å². The van der Waals surface area contributed by atoms with Crippen LogP contribution in [0, 0.1) is 6.92 Å². The number of nitrogens with one attached hydrogen (secondary N) is 1. The van der Waals surface area contributed by atoms with Gasteiger partial charge in [-0.25, -0.2) is 0 Å². The van der Waals surface area contributed by atoms with Crippen LogP contribution in [-0.4, -0.2) is 35.8 Å². The summed E-state index contributed by atoms with van der Waals surface area (Å²) in [4.78, 5) is 28.9. The lowest BCUT2D eigenvalue weighted by Gasteiger charge is -2.24. The number of nitrogens with zero attached hydrogens (tertiary/aromatic N) is 1. The fourth-order valence-electron chi connectivity index (χ4n) is 3.88. The Balaban J connectivity index is 1.56. The quantitative estimate of drug-likeness (QED) is 0.631. The summed E-state index contributed by atoms with van der Waals surface area (Å²) < 4.78 is 0. The van der Waals surface area contributed by atoms with Crippen LogP contribution in [0.4, 0.5) is 0 Å². The van der Waals surface area contributed by atoms with Crippen LogP contribution in [0.5, 0.6) is 0 Å². The van der Waals surface area contributed by atoms with Crippen molar-refractivity contribution in [1.82, 2.24) is 10.2 Å². The number of rotatable bonds is 6. The first kappa shape index (κ1) is 20.4. The highest BCUT2D eigenvalue weighted by Crippen LogP contribution is 2.29. The van der Waals surface area contributed by atoms with Crippen molar-refractivity contribution in [1.29, 1.82) is 0 Å². The first-order valence-electron chi connectivity index (χ1n) is 10.4. The fourth-order valence-corrected chi connectivity index (χ4v) is 4.70. The van der Waals surface area contributed by atoms with Gasteiger partial charge < -0.3 is 10.2 Å². The van der Waals surface area contributed by atoms with Crippen molar-refractivity contribution in [3.8, 4) is 11.1 Å². The third-order valence-electron chi connectivity index (χ3n) is 5.54. The van der Waals surface area contributed by atoms with E-state index in [2.05, 4.69) is 5.32 Å². The van der Waals surface area contributed by atoms with Crippen molar-refractivity contribution >= 4 is 23.2 Å². The summed E-state index contributed by atoms with van der Waals surface area (Å²) in [6.45, 7) is 3.59. The summed E-state index contributed by atoms with van der Waals surface area (Å²) in [6, 6.07) is 19.4. The molecule has 0 saturated carbocycles. The molecule has 1 saturated heterocycles. The molecule has 0 spiro atoms. The SMILES string of the molecule is Cc1ccc(-c2ccsc2C(=O)NC(Cc2ccccc2)C(=O)N2CCCC2)cc1. The van der Waals surface area contributed by atoms with Gasteiger partial charge in [-0.2, -0.15) is 0 Å². The molecule has 3 aromatic rings. The highest BCUT2D eigenvalue weighted by molar-refractivity contribution is 7.12. The van der Waals surface area contributed by atoms with Crippen LogP contribution in [0.3, 0.4) is 0 Å². The molecule has 4 rings (SSSR count). The average molecular weight is 419 g/mol. The summed E-state index contributed by atoms with van der Waals surface area (Å²) in [6.07, 6.45) is 2.55. The molecule has 0 bridgehead atoms. The molecule has 154 valence electrons. The van der Waals surface area contributed by atoms with Gasteiger partial charge in [-0.1, -0.05) is 60.2 Å². The zero-order valence-corrected chi connectivity index (χ0v) is 18.0. The number of amides is 2. The van der Waals surface area contributed by atoms with Crippen molar-refractivity contribution in [2.45, 2.75) is 32.2 Å². The molecule has 1 N–H and O–H groups in total. The lowest BCUT2D eigenvalue weighted by molar-refractivity contribution is -0.132. The molecular formula is C25H26N2O2S. The minimum atomic E-state index is -0.564. The van der Waals surface area contributed by atoms with Gasteiger partial charge in [0.25, 0.3) is 5.91 Å². The molecule has 1 aromatic heterocycles. The normalized spacial score (nSPS) is 14.5. The van der Waals surface area contributed by atoms with Gasteiger partial charge >= 0.3 is 0 Å². The van der Waals surface area contributed by atoms with E-state index >= 15 is 0 Å². The van der Waals surface area contributed by atoms with E-state index in [-0.39, 0.29) is 11.8 Å². The summed E-state index contributed by atoms with van der Waals surface area (Å²) in [7, 11) is 0. The maximum atomic E-state index is 13.2. The molecule has 2 amide bonds. The summed E-state index contributed by atoms with van der Waals surface area (Å²) >= 11 is 1.41. The van der Waals surface area contributed by atoms with Crippen LogP contribution in [0.1, 0.15) is 33.6 Å².